The molecule has 0 bridgehead atoms. The third kappa shape index (κ3) is 3.53. The molecule has 2 rings (SSSR count). The Labute approximate surface area is 128 Å². The molecule has 2 N–H and O–H groups in total. The largest absolute Gasteiger partial charge is 0.399 e. The van der Waals surface area contributed by atoms with Gasteiger partial charge in [0.1, 0.15) is 10.7 Å². The predicted molar refractivity (Wildman–Crippen MR) is 80.9 cm³/mol. The molecule has 21 heavy (non-hydrogen) atoms. The van der Waals surface area contributed by atoms with Gasteiger partial charge >= 0.3 is 0 Å². The van der Waals surface area contributed by atoms with E-state index in [2.05, 4.69) is 0 Å². The SMILES string of the molecule is CN(Cc1cccc(Cl)c1)S(=O)(=O)c1ccc(N)cc1F. The molecule has 4 nitrogen and oxygen atoms in total. The van der Waals surface area contributed by atoms with Crippen molar-refractivity contribution in [1.82, 2.24) is 4.31 Å². The number of nitrogens with zero attached hydrogens (tertiary/aromatic N) is 1. The monoisotopic (exact) mass is 328 g/mol. The number of hydrogen-bond donors (Lipinski definition) is 1. The van der Waals surface area contributed by atoms with Crippen LogP contribution >= 0.6 is 11.6 Å². The van der Waals surface area contributed by atoms with Gasteiger partial charge in [-0.25, -0.2) is 12.8 Å². The van der Waals surface area contributed by atoms with Gasteiger partial charge in [-0.2, -0.15) is 4.31 Å². The van der Waals surface area contributed by atoms with Crippen molar-refractivity contribution >= 4 is 27.3 Å². The van der Waals surface area contributed by atoms with Crippen molar-refractivity contribution in [2.24, 2.45) is 0 Å². The second kappa shape index (κ2) is 6.01. The molecule has 0 fully saturated rings. The summed E-state index contributed by atoms with van der Waals surface area (Å²) in [5.74, 6) is -0.868. The molecule has 0 spiro atoms. The van der Waals surface area contributed by atoms with Gasteiger partial charge in [0.25, 0.3) is 0 Å². The van der Waals surface area contributed by atoms with E-state index in [1.807, 2.05) is 0 Å². The fourth-order valence-corrected chi connectivity index (χ4v) is 3.28. The molecule has 7 heteroatoms. The molecule has 0 heterocycles. The van der Waals surface area contributed by atoms with Crippen molar-refractivity contribution < 1.29 is 12.8 Å². The number of benzene rings is 2. The Kier molecular flexibility index (Phi) is 4.51. The Balaban J connectivity index is 2.30. The van der Waals surface area contributed by atoms with Crippen LogP contribution in [0.25, 0.3) is 0 Å². The number of sulfonamides is 1. The van der Waals surface area contributed by atoms with Crippen LogP contribution in [0.15, 0.2) is 47.4 Å². The maximum atomic E-state index is 13.8. The van der Waals surface area contributed by atoms with Gasteiger partial charge in [0.2, 0.25) is 10.0 Å². The smallest absolute Gasteiger partial charge is 0.246 e. The van der Waals surface area contributed by atoms with E-state index < -0.39 is 20.7 Å². The molecule has 0 unspecified atom stereocenters. The first-order valence-corrected chi connectivity index (χ1v) is 7.88. The molecular formula is C14H14ClFN2O2S. The van der Waals surface area contributed by atoms with Gasteiger partial charge in [0.15, 0.2) is 0 Å². The average molecular weight is 329 g/mol. The van der Waals surface area contributed by atoms with E-state index in [9.17, 15) is 12.8 Å². The maximum Gasteiger partial charge on any atom is 0.246 e. The van der Waals surface area contributed by atoms with E-state index in [-0.39, 0.29) is 12.2 Å². The number of hydrogen-bond acceptors (Lipinski definition) is 3. The lowest BCUT2D eigenvalue weighted by Gasteiger charge is -2.18. The highest BCUT2D eigenvalue weighted by molar-refractivity contribution is 7.89. The van der Waals surface area contributed by atoms with Gasteiger partial charge in [-0.1, -0.05) is 23.7 Å². The summed E-state index contributed by atoms with van der Waals surface area (Å²) in [6, 6.07) is 10.3. The number of halogens is 2. The second-order valence-corrected chi connectivity index (χ2v) is 7.03. The van der Waals surface area contributed by atoms with Crippen LogP contribution in [0.3, 0.4) is 0 Å². The molecule has 0 aliphatic rings. The Morgan fingerprint density at radius 3 is 2.57 bits per heavy atom. The minimum absolute atomic E-state index is 0.0900. The standard InChI is InChI=1S/C14H14ClFN2O2S/c1-18(9-10-3-2-4-11(15)7-10)21(19,20)14-6-5-12(17)8-13(14)16/h2-8H,9,17H2,1H3. The van der Waals surface area contributed by atoms with Crippen LogP contribution < -0.4 is 5.73 Å². The molecule has 0 aliphatic heterocycles. The normalized spacial score (nSPS) is 11.8. The van der Waals surface area contributed by atoms with Crippen molar-refractivity contribution in [2.75, 3.05) is 12.8 Å². The molecule has 112 valence electrons. The molecule has 0 saturated heterocycles. The molecule has 0 saturated carbocycles. The lowest BCUT2D eigenvalue weighted by molar-refractivity contribution is 0.460. The Morgan fingerprint density at radius 1 is 1.24 bits per heavy atom. The van der Waals surface area contributed by atoms with Gasteiger partial charge in [-0.15, -0.1) is 0 Å². The molecule has 0 atom stereocenters. The van der Waals surface area contributed by atoms with Crippen molar-refractivity contribution in [1.29, 1.82) is 0 Å². The summed E-state index contributed by atoms with van der Waals surface area (Å²) in [5.41, 5.74) is 6.31. The zero-order valence-corrected chi connectivity index (χ0v) is 12.8. The summed E-state index contributed by atoms with van der Waals surface area (Å²) in [7, 11) is -2.56. The van der Waals surface area contributed by atoms with Gasteiger partial charge in [0, 0.05) is 24.3 Å². The molecular weight excluding hydrogens is 315 g/mol. The Hall–Kier alpha value is -1.63. The number of nitrogens with two attached hydrogens (primary N) is 1. The van der Waals surface area contributed by atoms with Crippen molar-refractivity contribution in [2.45, 2.75) is 11.4 Å². The summed E-state index contributed by atoms with van der Waals surface area (Å²) in [6.45, 7) is 0.0900. The zero-order valence-electron chi connectivity index (χ0n) is 11.3. The molecule has 2 aromatic carbocycles. The molecule has 2 aromatic rings. The average Bonchev–Trinajstić information content (AvgIpc) is 2.38. The molecule has 0 radical (unpaired) electrons. The Bertz CT molecular complexity index is 765. The first-order valence-electron chi connectivity index (χ1n) is 6.06. The Morgan fingerprint density at radius 2 is 1.95 bits per heavy atom. The maximum absolute atomic E-state index is 13.8. The first kappa shape index (κ1) is 15.8. The molecule has 0 aromatic heterocycles. The van der Waals surface area contributed by atoms with Crippen LogP contribution in [-0.2, 0) is 16.6 Å². The number of anilines is 1. The van der Waals surface area contributed by atoms with Crippen molar-refractivity contribution in [3.8, 4) is 0 Å². The molecule has 0 aliphatic carbocycles. The highest BCUT2D eigenvalue weighted by Crippen LogP contribution is 2.22. The van der Waals surface area contributed by atoms with Crippen molar-refractivity contribution in [3.05, 3.63) is 58.9 Å². The van der Waals surface area contributed by atoms with Gasteiger partial charge in [-0.05, 0) is 35.9 Å². The predicted octanol–water partition coefficient (Wildman–Crippen LogP) is 2.88. The van der Waals surface area contributed by atoms with E-state index in [1.165, 1.54) is 13.1 Å². The lowest BCUT2D eigenvalue weighted by Crippen LogP contribution is -2.27. The van der Waals surface area contributed by atoms with Gasteiger partial charge < -0.3 is 5.73 Å². The van der Waals surface area contributed by atoms with E-state index in [0.717, 1.165) is 16.4 Å². The van der Waals surface area contributed by atoms with Crippen LogP contribution in [-0.4, -0.2) is 19.8 Å². The zero-order chi connectivity index (χ0) is 15.6. The minimum Gasteiger partial charge on any atom is -0.399 e. The van der Waals surface area contributed by atoms with Crippen LogP contribution in [0.2, 0.25) is 5.02 Å². The van der Waals surface area contributed by atoms with Crippen LogP contribution in [0.4, 0.5) is 10.1 Å². The molecule has 0 amide bonds. The third-order valence-corrected chi connectivity index (χ3v) is 5.01. The summed E-state index contributed by atoms with van der Waals surface area (Å²) in [5, 5.41) is 0.511. The van der Waals surface area contributed by atoms with Crippen LogP contribution in [0.1, 0.15) is 5.56 Å². The topological polar surface area (TPSA) is 63.4 Å². The fraction of sp³-hybridized carbons (Fsp3) is 0.143. The number of rotatable bonds is 4. The summed E-state index contributed by atoms with van der Waals surface area (Å²) in [4.78, 5) is -0.402. The van der Waals surface area contributed by atoms with Crippen LogP contribution in [0.5, 0.6) is 0 Å². The van der Waals surface area contributed by atoms with Crippen LogP contribution in [0, 0.1) is 5.82 Å². The highest BCUT2D eigenvalue weighted by atomic mass is 35.5. The summed E-state index contributed by atoms with van der Waals surface area (Å²) in [6.07, 6.45) is 0. The second-order valence-electron chi connectivity index (χ2n) is 4.58. The first-order chi connectivity index (χ1) is 9.80. The summed E-state index contributed by atoms with van der Waals surface area (Å²) >= 11 is 5.86. The third-order valence-electron chi connectivity index (χ3n) is 2.94. The summed E-state index contributed by atoms with van der Waals surface area (Å²) < 4.78 is 39.6. The lowest BCUT2D eigenvalue weighted by atomic mass is 10.2. The minimum atomic E-state index is -3.94. The quantitative estimate of drug-likeness (QED) is 0.878. The van der Waals surface area contributed by atoms with Gasteiger partial charge in [0.05, 0.1) is 0 Å². The van der Waals surface area contributed by atoms with Gasteiger partial charge in [-0.3, -0.25) is 0 Å². The van der Waals surface area contributed by atoms with E-state index in [1.54, 1.807) is 24.3 Å². The van der Waals surface area contributed by atoms with E-state index in [0.29, 0.717) is 10.6 Å². The highest BCUT2D eigenvalue weighted by Gasteiger charge is 2.24. The van der Waals surface area contributed by atoms with E-state index in [4.69, 9.17) is 17.3 Å². The fourth-order valence-electron chi connectivity index (χ4n) is 1.87. The van der Waals surface area contributed by atoms with E-state index >= 15 is 0 Å². The van der Waals surface area contributed by atoms with Crippen molar-refractivity contribution in [3.63, 3.8) is 0 Å². The number of nitrogen functional groups attached to an aromatic ring is 1.